The lowest BCUT2D eigenvalue weighted by Gasteiger charge is -2.11. The SMILES string of the molecule is COc1ccc([N+](=O)[O-])cc1COC(=O)c1ccccc1SCC(=O)Nc1ccc2c(c1)OCO2. The second-order valence-corrected chi connectivity index (χ2v) is 8.25. The lowest BCUT2D eigenvalue weighted by Crippen LogP contribution is -2.14. The van der Waals surface area contributed by atoms with Crippen molar-refractivity contribution in [3.05, 3.63) is 81.9 Å². The number of rotatable bonds is 9. The number of nitrogens with zero attached hydrogens (tertiary/aromatic N) is 1. The molecule has 0 fully saturated rings. The third kappa shape index (κ3) is 5.82. The minimum absolute atomic E-state index is 0.0530. The van der Waals surface area contributed by atoms with Crippen molar-refractivity contribution in [1.29, 1.82) is 0 Å². The maximum Gasteiger partial charge on any atom is 0.339 e. The number of anilines is 1. The number of benzene rings is 3. The average Bonchev–Trinajstić information content (AvgIpc) is 3.34. The first-order valence-corrected chi connectivity index (χ1v) is 11.3. The Morgan fingerprint density at radius 3 is 2.69 bits per heavy atom. The van der Waals surface area contributed by atoms with Crippen LogP contribution in [0.2, 0.25) is 0 Å². The average molecular weight is 496 g/mol. The minimum Gasteiger partial charge on any atom is -0.496 e. The van der Waals surface area contributed by atoms with Gasteiger partial charge in [-0.1, -0.05) is 12.1 Å². The number of carbonyl (C=O) groups is 2. The maximum atomic E-state index is 12.8. The molecule has 0 spiro atoms. The summed E-state index contributed by atoms with van der Waals surface area (Å²) in [4.78, 5) is 36.3. The van der Waals surface area contributed by atoms with Crippen LogP contribution in [0.15, 0.2) is 65.6 Å². The first kappa shape index (κ1) is 23.9. The van der Waals surface area contributed by atoms with Crippen molar-refractivity contribution in [2.75, 3.05) is 25.0 Å². The van der Waals surface area contributed by atoms with Crippen LogP contribution in [0, 0.1) is 10.1 Å². The van der Waals surface area contributed by atoms with Gasteiger partial charge in [0, 0.05) is 34.3 Å². The Morgan fingerprint density at radius 2 is 1.89 bits per heavy atom. The number of fused-ring (bicyclic) bond motifs is 1. The molecule has 0 aromatic heterocycles. The summed E-state index contributed by atoms with van der Waals surface area (Å²) >= 11 is 1.18. The highest BCUT2D eigenvalue weighted by atomic mass is 32.2. The van der Waals surface area contributed by atoms with Crippen LogP contribution in [0.3, 0.4) is 0 Å². The number of hydrogen-bond donors (Lipinski definition) is 1. The normalized spacial score (nSPS) is 11.6. The second-order valence-electron chi connectivity index (χ2n) is 7.23. The van der Waals surface area contributed by atoms with Gasteiger partial charge in [-0.3, -0.25) is 14.9 Å². The predicted molar refractivity (Wildman–Crippen MR) is 127 cm³/mol. The molecular weight excluding hydrogens is 476 g/mol. The van der Waals surface area contributed by atoms with E-state index in [9.17, 15) is 19.7 Å². The Morgan fingerprint density at radius 1 is 1.09 bits per heavy atom. The lowest BCUT2D eigenvalue weighted by molar-refractivity contribution is -0.385. The van der Waals surface area contributed by atoms with Gasteiger partial charge in [-0.2, -0.15) is 0 Å². The van der Waals surface area contributed by atoms with Crippen LogP contribution in [0.4, 0.5) is 11.4 Å². The third-order valence-electron chi connectivity index (χ3n) is 4.96. The van der Waals surface area contributed by atoms with Crippen LogP contribution in [0.1, 0.15) is 15.9 Å². The standard InChI is InChI=1S/C24H20N2O8S/c1-31-19-9-7-17(26(29)30)10-15(19)12-32-24(28)18-4-2-3-5-22(18)35-13-23(27)25-16-6-8-20-21(11-16)34-14-33-20/h2-11H,12-14H2,1H3,(H,25,27). The monoisotopic (exact) mass is 496 g/mol. The lowest BCUT2D eigenvalue weighted by atomic mass is 10.2. The molecular formula is C24H20N2O8S. The van der Waals surface area contributed by atoms with E-state index >= 15 is 0 Å². The molecule has 180 valence electrons. The number of nitro groups is 1. The van der Waals surface area contributed by atoms with E-state index in [0.29, 0.717) is 33.4 Å². The van der Waals surface area contributed by atoms with Crippen LogP contribution in [-0.4, -0.2) is 36.5 Å². The molecule has 0 bridgehead atoms. The number of nitrogens with one attached hydrogen (secondary N) is 1. The number of ether oxygens (including phenoxy) is 4. The van der Waals surface area contributed by atoms with E-state index in [1.54, 1.807) is 42.5 Å². The number of hydrogen-bond acceptors (Lipinski definition) is 9. The van der Waals surface area contributed by atoms with Crippen LogP contribution in [-0.2, 0) is 16.1 Å². The molecule has 3 aromatic carbocycles. The van der Waals surface area contributed by atoms with Crippen molar-refractivity contribution in [2.24, 2.45) is 0 Å². The summed E-state index contributed by atoms with van der Waals surface area (Å²) in [5.41, 5.74) is 1.07. The molecule has 10 nitrogen and oxygen atoms in total. The number of methoxy groups -OCH3 is 1. The first-order chi connectivity index (χ1) is 16.9. The van der Waals surface area contributed by atoms with Gasteiger partial charge in [0.25, 0.3) is 5.69 Å². The van der Waals surface area contributed by atoms with Crippen molar-refractivity contribution in [3.63, 3.8) is 0 Å². The van der Waals surface area contributed by atoms with Gasteiger partial charge in [0.1, 0.15) is 12.4 Å². The number of thioether (sulfide) groups is 1. The van der Waals surface area contributed by atoms with Gasteiger partial charge in [-0.05, 0) is 30.3 Å². The fourth-order valence-electron chi connectivity index (χ4n) is 3.29. The van der Waals surface area contributed by atoms with E-state index in [-0.39, 0.29) is 36.3 Å². The highest BCUT2D eigenvalue weighted by Crippen LogP contribution is 2.34. The smallest absolute Gasteiger partial charge is 0.339 e. The highest BCUT2D eigenvalue weighted by molar-refractivity contribution is 8.00. The van der Waals surface area contributed by atoms with Crippen molar-refractivity contribution < 1.29 is 33.5 Å². The summed E-state index contributed by atoms with van der Waals surface area (Å²) in [6, 6.07) is 15.9. The van der Waals surface area contributed by atoms with Crippen molar-refractivity contribution >= 4 is 35.0 Å². The van der Waals surface area contributed by atoms with Crippen molar-refractivity contribution in [1.82, 2.24) is 0 Å². The molecule has 11 heteroatoms. The Balaban J connectivity index is 1.38. The number of carbonyl (C=O) groups excluding carboxylic acids is 2. The molecule has 0 aliphatic carbocycles. The topological polar surface area (TPSA) is 126 Å². The molecule has 1 aliphatic rings. The molecule has 0 saturated carbocycles. The molecule has 1 aliphatic heterocycles. The van der Waals surface area contributed by atoms with E-state index in [1.165, 1.54) is 37.1 Å². The molecule has 1 heterocycles. The summed E-state index contributed by atoms with van der Waals surface area (Å²) in [6.07, 6.45) is 0. The van der Waals surface area contributed by atoms with E-state index in [1.807, 2.05) is 0 Å². The Hall–Kier alpha value is -4.25. The van der Waals surface area contributed by atoms with Crippen LogP contribution in [0.5, 0.6) is 17.2 Å². The summed E-state index contributed by atoms with van der Waals surface area (Å²) in [7, 11) is 1.42. The van der Waals surface area contributed by atoms with Gasteiger partial charge in [0.05, 0.1) is 23.3 Å². The molecule has 4 rings (SSSR count). The molecule has 1 amide bonds. The second kappa shape index (κ2) is 10.8. The first-order valence-electron chi connectivity index (χ1n) is 10.3. The van der Waals surface area contributed by atoms with Gasteiger partial charge in [0.15, 0.2) is 11.5 Å². The van der Waals surface area contributed by atoms with Crippen LogP contribution in [0.25, 0.3) is 0 Å². The summed E-state index contributed by atoms with van der Waals surface area (Å²) < 4.78 is 21.2. The zero-order valence-corrected chi connectivity index (χ0v) is 19.3. The van der Waals surface area contributed by atoms with E-state index in [0.717, 1.165) is 0 Å². The summed E-state index contributed by atoms with van der Waals surface area (Å²) in [6.45, 7) is -0.0727. The summed E-state index contributed by atoms with van der Waals surface area (Å²) in [5, 5.41) is 13.8. The van der Waals surface area contributed by atoms with Crippen molar-refractivity contribution in [3.8, 4) is 17.2 Å². The van der Waals surface area contributed by atoms with E-state index in [2.05, 4.69) is 5.32 Å². The zero-order chi connectivity index (χ0) is 24.8. The minimum atomic E-state index is -0.627. The fourth-order valence-corrected chi connectivity index (χ4v) is 4.13. The molecule has 0 saturated heterocycles. The van der Waals surface area contributed by atoms with E-state index in [4.69, 9.17) is 18.9 Å². The molecule has 0 radical (unpaired) electrons. The fraction of sp³-hybridized carbons (Fsp3) is 0.167. The predicted octanol–water partition coefficient (Wildman–Crippen LogP) is 4.42. The number of nitro benzene ring substituents is 1. The molecule has 3 aromatic rings. The van der Waals surface area contributed by atoms with Gasteiger partial charge in [-0.25, -0.2) is 4.79 Å². The van der Waals surface area contributed by atoms with Gasteiger partial charge in [-0.15, -0.1) is 11.8 Å². The molecule has 1 N–H and O–H groups in total. The van der Waals surface area contributed by atoms with Crippen LogP contribution < -0.4 is 19.5 Å². The molecule has 0 atom stereocenters. The Bertz CT molecular complexity index is 1280. The third-order valence-corrected chi connectivity index (χ3v) is 6.03. The number of amides is 1. The molecule has 35 heavy (non-hydrogen) atoms. The maximum absolute atomic E-state index is 12.8. The van der Waals surface area contributed by atoms with Gasteiger partial charge in [0.2, 0.25) is 12.7 Å². The zero-order valence-electron chi connectivity index (χ0n) is 18.5. The number of esters is 1. The van der Waals surface area contributed by atoms with Gasteiger partial charge < -0.3 is 24.3 Å². The van der Waals surface area contributed by atoms with E-state index < -0.39 is 10.9 Å². The largest absolute Gasteiger partial charge is 0.496 e. The Kier molecular flexibility index (Phi) is 7.36. The quantitative estimate of drug-likeness (QED) is 0.198. The van der Waals surface area contributed by atoms with Gasteiger partial charge >= 0.3 is 5.97 Å². The number of non-ortho nitro benzene ring substituents is 1. The molecule has 0 unspecified atom stereocenters. The highest BCUT2D eigenvalue weighted by Gasteiger charge is 2.18. The van der Waals surface area contributed by atoms with Crippen LogP contribution >= 0.6 is 11.8 Å². The van der Waals surface area contributed by atoms with Crippen molar-refractivity contribution in [2.45, 2.75) is 11.5 Å². The summed E-state index contributed by atoms with van der Waals surface area (Å²) in [5.74, 6) is 0.705. The Labute approximate surface area is 204 Å².